The first-order chi connectivity index (χ1) is 8.40. The van der Waals surface area contributed by atoms with Crippen molar-refractivity contribution >= 4 is 10.8 Å². The second-order valence-electron chi connectivity index (χ2n) is 4.55. The highest BCUT2D eigenvalue weighted by atomic mass is 16.5. The van der Waals surface area contributed by atoms with Crippen LogP contribution in [0.5, 0.6) is 5.75 Å². The van der Waals surface area contributed by atoms with Crippen molar-refractivity contribution in [3.05, 3.63) is 42.0 Å². The Balaban J connectivity index is 2.19. The van der Waals surface area contributed by atoms with Crippen molar-refractivity contribution in [1.29, 1.82) is 0 Å². The number of fused-ring (bicyclic) bond motifs is 1. The van der Waals surface area contributed by atoms with Gasteiger partial charge in [-0.2, -0.15) is 0 Å². The predicted molar refractivity (Wildman–Crippen MR) is 70.5 cm³/mol. The molecule has 1 atom stereocenters. The molecule has 0 amide bonds. The van der Waals surface area contributed by atoms with Gasteiger partial charge in [0.05, 0.1) is 7.11 Å². The lowest BCUT2D eigenvalue weighted by atomic mass is 9.97. The van der Waals surface area contributed by atoms with Gasteiger partial charge in [0, 0.05) is 11.4 Å². The van der Waals surface area contributed by atoms with E-state index < -0.39 is 0 Å². The maximum atomic E-state index is 5.42. The molecular formula is C15H17NO. The molecule has 2 aromatic rings. The fourth-order valence-corrected chi connectivity index (χ4v) is 2.73. The van der Waals surface area contributed by atoms with Gasteiger partial charge in [0.2, 0.25) is 0 Å². The quantitative estimate of drug-likeness (QED) is 0.850. The highest BCUT2D eigenvalue weighted by Gasteiger charge is 2.18. The molecule has 17 heavy (non-hydrogen) atoms. The van der Waals surface area contributed by atoms with Gasteiger partial charge in [-0.3, -0.25) is 0 Å². The van der Waals surface area contributed by atoms with Crippen molar-refractivity contribution in [3.8, 4) is 5.75 Å². The third kappa shape index (κ3) is 1.79. The molecule has 1 heterocycles. The first-order valence-electron chi connectivity index (χ1n) is 6.19. The molecule has 1 unspecified atom stereocenters. The van der Waals surface area contributed by atoms with Crippen LogP contribution in [0, 0.1) is 0 Å². The van der Waals surface area contributed by atoms with Crippen LogP contribution in [0.25, 0.3) is 10.8 Å². The minimum atomic E-state index is 0.505. The first kappa shape index (κ1) is 10.6. The van der Waals surface area contributed by atoms with Crippen LogP contribution in [0.15, 0.2) is 36.4 Å². The predicted octanol–water partition coefficient (Wildman–Crippen LogP) is 3.27. The molecule has 2 nitrogen and oxygen atoms in total. The molecule has 1 aliphatic heterocycles. The van der Waals surface area contributed by atoms with Crippen molar-refractivity contribution in [2.75, 3.05) is 13.7 Å². The van der Waals surface area contributed by atoms with Gasteiger partial charge in [0.1, 0.15) is 5.75 Å². The smallest absolute Gasteiger partial charge is 0.126 e. The van der Waals surface area contributed by atoms with Crippen LogP contribution in [-0.2, 0) is 0 Å². The standard InChI is InChI=1S/C15H17NO/c1-17-15-9-8-12(14-7-4-10-16-14)11-5-2-3-6-13(11)15/h2-3,5-6,8-9,14,16H,4,7,10H2,1H3. The zero-order valence-electron chi connectivity index (χ0n) is 10.1. The van der Waals surface area contributed by atoms with Crippen molar-refractivity contribution in [1.82, 2.24) is 5.32 Å². The summed E-state index contributed by atoms with van der Waals surface area (Å²) in [7, 11) is 1.73. The summed E-state index contributed by atoms with van der Waals surface area (Å²) in [6.45, 7) is 1.13. The van der Waals surface area contributed by atoms with E-state index in [9.17, 15) is 0 Å². The zero-order valence-corrected chi connectivity index (χ0v) is 10.1. The molecule has 1 saturated heterocycles. The van der Waals surface area contributed by atoms with Crippen LogP contribution in [0.1, 0.15) is 24.4 Å². The molecule has 0 saturated carbocycles. The fraction of sp³-hybridized carbons (Fsp3) is 0.333. The van der Waals surface area contributed by atoms with Crippen molar-refractivity contribution in [3.63, 3.8) is 0 Å². The molecule has 0 bridgehead atoms. The Morgan fingerprint density at radius 1 is 1.12 bits per heavy atom. The van der Waals surface area contributed by atoms with Crippen LogP contribution in [0.2, 0.25) is 0 Å². The number of rotatable bonds is 2. The van der Waals surface area contributed by atoms with E-state index >= 15 is 0 Å². The summed E-state index contributed by atoms with van der Waals surface area (Å²) in [5.41, 5.74) is 1.40. The Hall–Kier alpha value is -1.54. The maximum Gasteiger partial charge on any atom is 0.126 e. The Labute approximate surface area is 102 Å². The number of methoxy groups -OCH3 is 1. The average molecular weight is 227 g/mol. The highest BCUT2D eigenvalue weighted by Crippen LogP contribution is 2.34. The van der Waals surface area contributed by atoms with Crippen LogP contribution in [0.4, 0.5) is 0 Å². The fourth-order valence-electron chi connectivity index (χ4n) is 2.73. The number of hydrogen-bond acceptors (Lipinski definition) is 2. The highest BCUT2D eigenvalue weighted by molar-refractivity contribution is 5.91. The molecule has 0 aromatic heterocycles. The SMILES string of the molecule is COc1ccc(C2CCCN2)c2ccccc12. The lowest BCUT2D eigenvalue weighted by Crippen LogP contribution is -2.13. The molecule has 0 aliphatic carbocycles. The van der Waals surface area contributed by atoms with Gasteiger partial charge in [0.15, 0.2) is 0 Å². The molecule has 1 N–H and O–H groups in total. The van der Waals surface area contributed by atoms with Crippen LogP contribution in [0.3, 0.4) is 0 Å². The molecule has 1 aliphatic rings. The Bertz CT molecular complexity index is 529. The summed E-state index contributed by atoms with van der Waals surface area (Å²) in [5, 5.41) is 6.08. The molecule has 0 spiro atoms. The van der Waals surface area contributed by atoms with E-state index in [1.165, 1.54) is 29.2 Å². The lowest BCUT2D eigenvalue weighted by Gasteiger charge is -2.15. The summed E-state index contributed by atoms with van der Waals surface area (Å²) in [6, 6.07) is 13.3. The summed E-state index contributed by atoms with van der Waals surface area (Å²) in [4.78, 5) is 0. The van der Waals surface area contributed by atoms with E-state index in [0.29, 0.717) is 6.04 Å². The molecule has 2 aromatic carbocycles. The van der Waals surface area contributed by atoms with Gasteiger partial charge in [-0.25, -0.2) is 0 Å². The van der Waals surface area contributed by atoms with Gasteiger partial charge in [-0.15, -0.1) is 0 Å². The van der Waals surface area contributed by atoms with E-state index in [1.807, 2.05) is 0 Å². The largest absolute Gasteiger partial charge is 0.496 e. The van der Waals surface area contributed by atoms with Crippen LogP contribution in [-0.4, -0.2) is 13.7 Å². The molecule has 1 fully saturated rings. The van der Waals surface area contributed by atoms with Gasteiger partial charge in [0.25, 0.3) is 0 Å². The molecule has 3 rings (SSSR count). The zero-order chi connectivity index (χ0) is 11.7. The van der Waals surface area contributed by atoms with Gasteiger partial charge in [-0.05, 0) is 36.4 Å². The maximum absolute atomic E-state index is 5.42. The Morgan fingerprint density at radius 3 is 2.65 bits per heavy atom. The van der Waals surface area contributed by atoms with Crippen LogP contribution < -0.4 is 10.1 Å². The lowest BCUT2D eigenvalue weighted by molar-refractivity contribution is 0.419. The third-order valence-corrected chi connectivity index (χ3v) is 3.57. The van der Waals surface area contributed by atoms with Crippen LogP contribution >= 0.6 is 0 Å². The molecule has 2 heteroatoms. The van der Waals surface area contributed by atoms with Gasteiger partial charge < -0.3 is 10.1 Å². The van der Waals surface area contributed by atoms with E-state index in [1.54, 1.807) is 7.11 Å². The summed E-state index contributed by atoms with van der Waals surface area (Å²) >= 11 is 0. The first-order valence-corrected chi connectivity index (χ1v) is 6.19. The van der Waals surface area contributed by atoms with Gasteiger partial charge >= 0.3 is 0 Å². The second-order valence-corrected chi connectivity index (χ2v) is 4.55. The number of hydrogen-bond donors (Lipinski definition) is 1. The normalized spacial score (nSPS) is 19.7. The number of nitrogens with one attached hydrogen (secondary N) is 1. The van der Waals surface area contributed by atoms with E-state index in [4.69, 9.17) is 4.74 Å². The molecular weight excluding hydrogens is 210 g/mol. The third-order valence-electron chi connectivity index (χ3n) is 3.57. The van der Waals surface area contributed by atoms with Crippen molar-refractivity contribution < 1.29 is 4.74 Å². The topological polar surface area (TPSA) is 21.3 Å². The minimum Gasteiger partial charge on any atom is -0.496 e. The van der Waals surface area contributed by atoms with Gasteiger partial charge in [-0.1, -0.05) is 30.3 Å². The summed E-state index contributed by atoms with van der Waals surface area (Å²) in [6.07, 6.45) is 2.50. The average Bonchev–Trinajstić information content (AvgIpc) is 2.91. The van der Waals surface area contributed by atoms with Crippen molar-refractivity contribution in [2.24, 2.45) is 0 Å². The van der Waals surface area contributed by atoms with Crippen molar-refractivity contribution in [2.45, 2.75) is 18.9 Å². The number of benzene rings is 2. The Kier molecular flexibility index (Phi) is 2.73. The second kappa shape index (κ2) is 4.38. The Morgan fingerprint density at radius 2 is 1.94 bits per heavy atom. The van der Waals surface area contributed by atoms with E-state index in [-0.39, 0.29) is 0 Å². The molecule has 0 radical (unpaired) electrons. The molecule has 88 valence electrons. The summed E-state index contributed by atoms with van der Waals surface area (Å²) in [5.74, 6) is 0.961. The summed E-state index contributed by atoms with van der Waals surface area (Å²) < 4.78 is 5.42. The minimum absolute atomic E-state index is 0.505. The number of ether oxygens (including phenoxy) is 1. The van der Waals surface area contributed by atoms with E-state index in [2.05, 4.69) is 41.7 Å². The van der Waals surface area contributed by atoms with E-state index in [0.717, 1.165) is 12.3 Å². The monoisotopic (exact) mass is 227 g/mol.